The van der Waals surface area contributed by atoms with Gasteiger partial charge in [0.25, 0.3) is 0 Å². The van der Waals surface area contributed by atoms with Gasteiger partial charge in [0.2, 0.25) is 0 Å². The maximum absolute atomic E-state index is 8.19. The fraction of sp³-hybridized carbons (Fsp3) is 0.500. The van der Waals surface area contributed by atoms with Gasteiger partial charge >= 0.3 is 0 Å². The van der Waals surface area contributed by atoms with Crippen LogP contribution >= 0.6 is 0 Å². The molecule has 0 fully saturated rings. The zero-order valence-corrected chi connectivity index (χ0v) is 6.46. The van der Waals surface area contributed by atoms with E-state index in [4.69, 9.17) is 5.26 Å². The zero-order valence-electron chi connectivity index (χ0n) is 6.46. The van der Waals surface area contributed by atoms with Crippen LogP contribution < -0.4 is 0 Å². The summed E-state index contributed by atoms with van der Waals surface area (Å²) in [5, 5.41) is 8.19. The minimum absolute atomic E-state index is 0.451. The first-order chi connectivity index (χ1) is 4.81. The molecule has 2 nitrogen and oxygen atoms in total. The van der Waals surface area contributed by atoms with Gasteiger partial charge in [-0.05, 0) is 19.4 Å². The fourth-order valence-corrected chi connectivity index (χ4v) is 0.481. The van der Waals surface area contributed by atoms with Crippen molar-refractivity contribution in [2.75, 3.05) is 0 Å². The lowest BCUT2D eigenvalue weighted by molar-refractivity contribution is 1.21. The second kappa shape index (κ2) is 6.03. The molecule has 0 heterocycles. The lowest BCUT2D eigenvalue weighted by Crippen LogP contribution is -1.72. The average Bonchev–Trinajstić information content (AvgIpc) is 1.97. The second-order valence-electron chi connectivity index (χ2n) is 1.93. The molecule has 0 aliphatic rings. The van der Waals surface area contributed by atoms with E-state index < -0.39 is 0 Å². The van der Waals surface area contributed by atoms with Gasteiger partial charge in [0.05, 0.1) is 12.5 Å². The highest BCUT2D eigenvalue weighted by Crippen LogP contribution is 1.94. The Hall–Kier alpha value is -1.10. The van der Waals surface area contributed by atoms with E-state index in [9.17, 15) is 0 Å². The predicted octanol–water partition coefficient (Wildman–Crippen LogP) is 2.28. The summed E-state index contributed by atoms with van der Waals surface area (Å²) >= 11 is 0. The summed E-state index contributed by atoms with van der Waals surface area (Å²) in [5.74, 6) is 0. The third-order valence-electron chi connectivity index (χ3n) is 0.966. The van der Waals surface area contributed by atoms with Gasteiger partial charge in [0.15, 0.2) is 0 Å². The standard InChI is InChI=1S/C8H12N2/c1-3-7-10-8(2)5-4-6-9/h5,7H,3-4H2,1-2H3/b8-5-,10-7?. The molecule has 0 aliphatic heterocycles. The third-order valence-corrected chi connectivity index (χ3v) is 0.966. The van der Waals surface area contributed by atoms with Crippen molar-refractivity contribution >= 4 is 6.21 Å². The molecule has 0 aliphatic carbocycles. The topological polar surface area (TPSA) is 36.1 Å². The smallest absolute Gasteiger partial charge is 0.0664 e. The van der Waals surface area contributed by atoms with Crippen LogP contribution in [0.4, 0.5) is 0 Å². The molecule has 0 aromatic rings. The first-order valence-electron chi connectivity index (χ1n) is 3.37. The van der Waals surface area contributed by atoms with Crippen molar-refractivity contribution in [1.29, 1.82) is 5.26 Å². The molecule has 10 heavy (non-hydrogen) atoms. The minimum Gasteiger partial charge on any atom is -0.266 e. The molecule has 0 rings (SSSR count). The summed E-state index contributed by atoms with van der Waals surface area (Å²) < 4.78 is 0. The molecule has 0 aromatic heterocycles. The first kappa shape index (κ1) is 8.90. The van der Waals surface area contributed by atoms with Gasteiger partial charge in [-0.1, -0.05) is 6.92 Å². The normalized spacial score (nSPS) is 11.9. The van der Waals surface area contributed by atoms with Gasteiger partial charge in [-0.2, -0.15) is 5.26 Å². The Bertz CT molecular complexity index is 172. The van der Waals surface area contributed by atoms with Crippen molar-refractivity contribution in [2.45, 2.75) is 26.7 Å². The number of nitriles is 1. The Labute approximate surface area is 61.9 Å². The maximum atomic E-state index is 8.19. The highest BCUT2D eigenvalue weighted by Gasteiger charge is 1.79. The van der Waals surface area contributed by atoms with Gasteiger partial charge in [-0.3, -0.25) is 4.99 Å². The monoisotopic (exact) mass is 136 g/mol. The SMILES string of the molecule is CCC=N/C(C)=C\CC#N. The lowest BCUT2D eigenvalue weighted by atomic mass is 10.3. The molecule has 0 saturated heterocycles. The highest BCUT2D eigenvalue weighted by atomic mass is 14.7. The van der Waals surface area contributed by atoms with E-state index in [0.29, 0.717) is 6.42 Å². The molecule has 0 radical (unpaired) electrons. The number of aliphatic imine (C=N–C) groups is 1. The number of rotatable bonds is 3. The molecule has 0 bridgehead atoms. The number of allylic oxidation sites excluding steroid dienone is 2. The van der Waals surface area contributed by atoms with Gasteiger partial charge < -0.3 is 0 Å². The van der Waals surface area contributed by atoms with Crippen LogP contribution in [0.15, 0.2) is 16.8 Å². The van der Waals surface area contributed by atoms with Crippen LogP contribution in [0.2, 0.25) is 0 Å². The van der Waals surface area contributed by atoms with Crippen LogP contribution in [0.25, 0.3) is 0 Å². The average molecular weight is 136 g/mol. The Morgan fingerprint density at radius 1 is 1.70 bits per heavy atom. The van der Waals surface area contributed by atoms with E-state index in [1.165, 1.54) is 0 Å². The van der Waals surface area contributed by atoms with Gasteiger partial charge in [0, 0.05) is 11.9 Å². The van der Waals surface area contributed by atoms with Crippen LogP contribution in [0.3, 0.4) is 0 Å². The molecule has 0 aromatic carbocycles. The van der Waals surface area contributed by atoms with Crippen LogP contribution in [-0.4, -0.2) is 6.21 Å². The molecular formula is C8H12N2. The van der Waals surface area contributed by atoms with Crippen LogP contribution in [0.1, 0.15) is 26.7 Å². The summed E-state index contributed by atoms with van der Waals surface area (Å²) in [6.45, 7) is 3.92. The molecule has 0 amide bonds. The summed E-state index contributed by atoms with van der Waals surface area (Å²) in [7, 11) is 0. The largest absolute Gasteiger partial charge is 0.266 e. The van der Waals surface area contributed by atoms with Crippen molar-refractivity contribution in [2.24, 2.45) is 4.99 Å². The molecule has 0 spiro atoms. The summed E-state index contributed by atoms with van der Waals surface area (Å²) in [4.78, 5) is 4.07. The van der Waals surface area contributed by atoms with E-state index in [1.54, 1.807) is 0 Å². The lowest BCUT2D eigenvalue weighted by Gasteiger charge is -1.86. The Balaban J connectivity index is 3.72. The maximum Gasteiger partial charge on any atom is 0.0664 e. The van der Waals surface area contributed by atoms with Gasteiger partial charge in [-0.25, -0.2) is 0 Å². The van der Waals surface area contributed by atoms with Crippen molar-refractivity contribution < 1.29 is 0 Å². The quantitative estimate of drug-likeness (QED) is 0.548. The van der Waals surface area contributed by atoms with Gasteiger partial charge in [0.1, 0.15) is 0 Å². The Morgan fingerprint density at radius 3 is 2.90 bits per heavy atom. The van der Waals surface area contributed by atoms with Crippen molar-refractivity contribution in [3.8, 4) is 6.07 Å². The number of nitrogens with zero attached hydrogens (tertiary/aromatic N) is 2. The molecular weight excluding hydrogens is 124 g/mol. The molecule has 54 valence electrons. The fourth-order valence-electron chi connectivity index (χ4n) is 0.481. The van der Waals surface area contributed by atoms with Crippen LogP contribution in [0, 0.1) is 11.3 Å². The molecule has 2 heteroatoms. The minimum atomic E-state index is 0.451. The van der Waals surface area contributed by atoms with Crippen molar-refractivity contribution in [3.63, 3.8) is 0 Å². The first-order valence-corrected chi connectivity index (χ1v) is 3.37. The molecule has 0 N–H and O–H groups in total. The summed E-state index contributed by atoms with van der Waals surface area (Å²) in [6.07, 6.45) is 5.04. The van der Waals surface area contributed by atoms with Crippen molar-refractivity contribution in [1.82, 2.24) is 0 Å². The van der Waals surface area contributed by atoms with E-state index in [-0.39, 0.29) is 0 Å². The molecule has 0 saturated carbocycles. The number of hydrogen-bond donors (Lipinski definition) is 0. The zero-order chi connectivity index (χ0) is 7.82. The van der Waals surface area contributed by atoms with E-state index in [0.717, 1.165) is 12.1 Å². The van der Waals surface area contributed by atoms with Crippen LogP contribution in [-0.2, 0) is 0 Å². The second-order valence-corrected chi connectivity index (χ2v) is 1.93. The predicted molar refractivity (Wildman–Crippen MR) is 42.8 cm³/mol. The van der Waals surface area contributed by atoms with Gasteiger partial charge in [-0.15, -0.1) is 0 Å². The van der Waals surface area contributed by atoms with E-state index in [1.807, 2.05) is 32.2 Å². The molecule has 0 unspecified atom stereocenters. The number of hydrogen-bond acceptors (Lipinski definition) is 2. The highest BCUT2D eigenvalue weighted by molar-refractivity contribution is 5.58. The van der Waals surface area contributed by atoms with Crippen LogP contribution in [0.5, 0.6) is 0 Å². The Morgan fingerprint density at radius 2 is 2.40 bits per heavy atom. The summed E-state index contributed by atoms with van der Waals surface area (Å²) in [6, 6.07) is 2.02. The van der Waals surface area contributed by atoms with E-state index >= 15 is 0 Å². The third kappa shape index (κ3) is 5.04. The van der Waals surface area contributed by atoms with Crippen molar-refractivity contribution in [3.05, 3.63) is 11.8 Å². The summed E-state index contributed by atoms with van der Waals surface area (Å²) in [5.41, 5.74) is 0.920. The van der Waals surface area contributed by atoms with E-state index in [2.05, 4.69) is 4.99 Å². The Kier molecular flexibility index (Phi) is 5.36. The molecule has 0 atom stereocenters.